The summed E-state index contributed by atoms with van der Waals surface area (Å²) in [5, 5.41) is 0. The highest BCUT2D eigenvalue weighted by atomic mass is 32.2. The maximum atomic E-state index is 12.3. The molecule has 0 saturated carbocycles. The van der Waals surface area contributed by atoms with Gasteiger partial charge in [-0.25, -0.2) is 8.42 Å². The van der Waals surface area contributed by atoms with Crippen molar-refractivity contribution >= 4 is 22.0 Å². The van der Waals surface area contributed by atoms with Crippen LogP contribution in [0.2, 0.25) is 0 Å². The lowest BCUT2D eigenvalue weighted by atomic mass is 10.1. The zero-order chi connectivity index (χ0) is 17.5. The minimum absolute atomic E-state index is 0.0602. The van der Waals surface area contributed by atoms with Crippen LogP contribution in [0.25, 0.3) is 0 Å². The molecule has 0 bridgehead atoms. The molecule has 0 aliphatic rings. The average Bonchev–Trinajstić information content (AvgIpc) is 2.53. The lowest BCUT2D eigenvalue weighted by Crippen LogP contribution is -2.41. The summed E-state index contributed by atoms with van der Waals surface area (Å²) in [4.78, 5) is 22.9. The number of benzene rings is 1. The minimum atomic E-state index is -3.85. The van der Waals surface area contributed by atoms with Gasteiger partial charge in [0.15, 0.2) is 0 Å². The molecule has 1 atom stereocenters. The number of ether oxygens (including phenoxy) is 2. The summed E-state index contributed by atoms with van der Waals surface area (Å²) in [7, 11) is -1.41. The summed E-state index contributed by atoms with van der Waals surface area (Å²) in [5.41, 5.74) is 0.923. The molecule has 0 heterocycles. The first kappa shape index (κ1) is 19.1. The summed E-state index contributed by atoms with van der Waals surface area (Å²) in [5.74, 6) is -1.12. The predicted molar refractivity (Wildman–Crippen MR) is 83.2 cm³/mol. The number of carbonyl (C=O) groups is 2. The van der Waals surface area contributed by atoms with E-state index in [4.69, 9.17) is 0 Å². The lowest BCUT2D eigenvalue weighted by molar-refractivity contribution is -0.144. The summed E-state index contributed by atoms with van der Waals surface area (Å²) in [6.45, 7) is 1.84. The molecule has 1 aromatic carbocycles. The number of hydrogen-bond acceptors (Lipinski definition) is 6. The molecule has 0 radical (unpaired) electrons. The SMILES string of the molecule is COC(=O)CCCC(NS(=O)(=O)c1ccc(C)cc1)C(=O)OC. The van der Waals surface area contributed by atoms with E-state index in [1.54, 1.807) is 12.1 Å². The molecule has 1 unspecified atom stereocenters. The third-order valence-electron chi connectivity index (χ3n) is 3.22. The van der Waals surface area contributed by atoms with Crippen LogP contribution >= 0.6 is 0 Å². The largest absolute Gasteiger partial charge is 0.469 e. The Kier molecular flexibility index (Phi) is 7.18. The second kappa shape index (κ2) is 8.64. The van der Waals surface area contributed by atoms with Crippen LogP contribution in [0.5, 0.6) is 0 Å². The maximum Gasteiger partial charge on any atom is 0.323 e. The van der Waals surface area contributed by atoms with Gasteiger partial charge in [-0.1, -0.05) is 17.7 Å². The van der Waals surface area contributed by atoms with E-state index in [1.807, 2.05) is 6.92 Å². The number of carbonyl (C=O) groups excluding carboxylic acids is 2. The van der Waals surface area contributed by atoms with Crippen molar-refractivity contribution < 1.29 is 27.5 Å². The average molecular weight is 343 g/mol. The molecular weight excluding hydrogens is 322 g/mol. The summed E-state index contributed by atoms with van der Waals surface area (Å²) < 4.78 is 36.1. The van der Waals surface area contributed by atoms with Crippen molar-refractivity contribution in [2.45, 2.75) is 37.1 Å². The van der Waals surface area contributed by atoms with Gasteiger partial charge in [0, 0.05) is 6.42 Å². The molecule has 1 N–H and O–H groups in total. The monoisotopic (exact) mass is 343 g/mol. The Morgan fingerprint density at radius 1 is 1.13 bits per heavy atom. The van der Waals surface area contributed by atoms with E-state index in [-0.39, 0.29) is 17.7 Å². The third-order valence-corrected chi connectivity index (χ3v) is 4.70. The first-order valence-corrected chi connectivity index (χ1v) is 8.52. The van der Waals surface area contributed by atoms with Crippen LogP contribution < -0.4 is 4.72 Å². The molecule has 0 aliphatic heterocycles. The third kappa shape index (κ3) is 5.99. The topological polar surface area (TPSA) is 98.8 Å². The molecule has 0 amide bonds. The fraction of sp³-hybridized carbons (Fsp3) is 0.467. The first-order chi connectivity index (χ1) is 10.8. The number of nitrogens with one attached hydrogen (secondary N) is 1. The van der Waals surface area contributed by atoms with Gasteiger partial charge in [-0.05, 0) is 31.9 Å². The molecular formula is C15H21NO6S. The van der Waals surface area contributed by atoms with E-state index >= 15 is 0 Å². The van der Waals surface area contributed by atoms with Crippen LogP contribution in [0.1, 0.15) is 24.8 Å². The highest BCUT2D eigenvalue weighted by molar-refractivity contribution is 7.89. The Bertz CT molecular complexity index is 638. The smallest absolute Gasteiger partial charge is 0.323 e. The second-order valence-corrected chi connectivity index (χ2v) is 6.69. The van der Waals surface area contributed by atoms with E-state index in [1.165, 1.54) is 26.4 Å². The van der Waals surface area contributed by atoms with Crippen LogP contribution in [0, 0.1) is 6.92 Å². The summed E-state index contributed by atoms with van der Waals surface area (Å²) >= 11 is 0. The quantitative estimate of drug-likeness (QED) is 0.711. The Morgan fingerprint density at radius 3 is 2.26 bits per heavy atom. The maximum absolute atomic E-state index is 12.3. The molecule has 23 heavy (non-hydrogen) atoms. The van der Waals surface area contributed by atoms with Crippen molar-refractivity contribution in [1.29, 1.82) is 0 Å². The zero-order valence-electron chi connectivity index (χ0n) is 13.4. The Hall–Kier alpha value is -1.93. The van der Waals surface area contributed by atoms with Crippen LogP contribution in [-0.4, -0.2) is 40.6 Å². The zero-order valence-corrected chi connectivity index (χ0v) is 14.2. The van der Waals surface area contributed by atoms with Gasteiger partial charge in [-0.3, -0.25) is 9.59 Å². The summed E-state index contributed by atoms with van der Waals surface area (Å²) in [6, 6.07) is 5.19. The van der Waals surface area contributed by atoms with Crippen molar-refractivity contribution in [3.63, 3.8) is 0 Å². The van der Waals surface area contributed by atoms with Gasteiger partial charge in [0.05, 0.1) is 19.1 Å². The predicted octanol–water partition coefficient (Wildman–Crippen LogP) is 1.16. The molecule has 0 aromatic heterocycles. The second-order valence-electron chi connectivity index (χ2n) is 4.98. The number of rotatable bonds is 8. The Morgan fingerprint density at radius 2 is 1.74 bits per heavy atom. The van der Waals surface area contributed by atoms with Crippen molar-refractivity contribution in [3.8, 4) is 0 Å². The van der Waals surface area contributed by atoms with Crippen LogP contribution in [0.15, 0.2) is 29.2 Å². The van der Waals surface area contributed by atoms with Crippen molar-refractivity contribution in [1.82, 2.24) is 4.72 Å². The lowest BCUT2D eigenvalue weighted by Gasteiger charge is -2.16. The fourth-order valence-corrected chi connectivity index (χ4v) is 3.11. The standard InChI is InChI=1S/C15H21NO6S/c1-11-7-9-12(10-8-11)23(19,20)16-13(15(18)22-3)5-4-6-14(17)21-2/h7-10,13,16H,4-6H2,1-3H3. The molecule has 0 fully saturated rings. The van der Waals surface area contributed by atoms with Gasteiger partial charge >= 0.3 is 11.9 Å². The minimum Gasteiger partial charge on any atom is -0.469 e. The molecule has 8 heteroatoms. The normalized spacial score (nSPS) is 12.5. The molecule has 128 valence electrons. The molecule has 1 rings (SSSR count). The van der Waals surface area contributed by atoms with Gasteiger partial charge in [0.1, 0.15) is 6.04 Å². The van der Waals surface area contributed by atoms with Gasteiger partial charge in [0.25, 0.3) is 0 Å². The molecule has 0 spiro atoms. The van der Waals surface area contributed by atoms with E-state index < -0.39 is 28.0 Å². The first-order valence-electron chi connectivity index (χ1n) is 7.04. The van der Waals surface area contributed by atoms with Gasteiger partial charge < -0.3 is 9.47 Å². The number of esters is 2. The van der Waals surface area contributed by atoms with Crippen LogP contribution in [-0.2, 0) is 29.1 Å². The van der Waals surface area contributed by atoms with Crippen molar-refractivity contribution in [3.05, 3.63) is 29.8 Å². The Balaban J connectivity index is 2.81. The number of sulfonamides is 1. The molecule has 7 nitrogen and oxygen atoms in total. The number of hydrogen-bond donors (Lipinski definition) is 1. The molecule has 0 saturated heterocycles. The van der Waals surface area contributed by atoms with E-state index in [9.17, 15) is 18.0 Å². The highest BCUT2D eigenvalue weighted by Crippen LogP contribution is 2.13. The van der Waals surface area contributed by atoms with Crippen molar-refractivity contribution in [2.24, 2.45) is 0 Å². The van der Waals surface area contributed by atoms with Crippen LogP contribution in [0.4, 0.5) is 0 Å². The molecule has 1 aromatic rings. The Labute approximate surface area is 136 Å². The van der Waals surface area contributed by atoms with Crippen LogP contribution in [0.3, 0.4) is 0 Å². The highest BCUT2D eigenvalue weighted by Gasteiger charge is 2.26. The summed E-state index contributed by atoms with van der Waals surface area (Å²) in [6.07, 6.45) is 0.520. The number of aryl methyl sites for hydroxylation is 1. The van der Waals surface area contributed by atoms with Gasteiger partial charge in [-0.2, -0.15) is 4.72 Å². The number of methoxy groups -OCH3 is 2. The van der Waals surface area contributed by atoms with E-state index in [2.05, 4.69) is 14.2 Å². The van der Waals surface area contributed by atoms with Gasteiger partial charge in [-0.15, -0.1) is 0 Å². The van der Waals surface area contributed by atoms with Crippen molar-refractivity contribution in [2.75, 3.05) is 14.2 Å². The van der Waals surface area contributed by atoms with E-state index in [0.29, 0.717) is 6.42 Å². The fourth-order valence-electron chi connectivity index (χ4n) is 1.89. The van der Waals surface area contributed by atoms with E-state index in [0.717, 1.165) is 5.56 Å². The molecule has 0 aliphatic carbocycles. The van der Waals surface area contributed by atoms with Gasteiger partial charge in [0.2, 0.25) is 10.0 Å².